The molecule has 1 aromatic rings. The van der Waals surface area contributed by atoms with Crippen LogP contribution in [-0.2, 0) is 4.84 Å². The van der Waals surface area contributed by atoms with E-state index in [1.54, 1.807) is 0 Å². The molecule has 0 spiro atoms. The Morgan fingerprint density at radius 1 is 1.25 bits per heavy atom. The van der Waals surface area contributed by atoms with Crippen LogP contribution < -0.4 is 0 Å². The Kier molecular flexibility index (Phi) is 3.54. The monoisotopic (exact) mass is 219 g/mol. The van der Waals surface area contributed by atoms with E-state index in [2.05, 4.69) is 24.4 Å². The number of benzene rings is 1. The van der Waals surface area contributed by atoms with Gasteiger partial charge in [0.2, 0.25) is 0 Å². The summed E-state index contributed by atoms with van der Waals surface area (Å²) in [6.45, 7) is 2.20. The van der Waals surface area contributed by atoms with E-state index in [-0.39, 0.29) is 6.10 Å². The predicted octanol–water partition coefficient (Wildman–Crippen LogP) is 3.66. The van der Waals surface area contributed by atoms with E-state index in [9.17, 15) is 4.91 Å². The van der Waals surface area contributed by atoms with Gasteiger partial charge in [0.1, 0.15) is 6.10 Å². The first kappa shape index (κ1) is 11.1. The highest BCUT2D eigenvalue weighted by molar-refractivity contribution is 5.21. The smallest absolute Gasteiger partial charge is 0.155 e. The molecule has 0 saturated heterocycles. The molecule has 3 unspecified atom stereocenters. The van der Waals surface area contributed by atoms with Crippen LogP contribution in [0.1, 0.15) is 37.7 Å². The molecule has 0 radical (unpaired) electrons. The lowest BCUT2D eigenvalue weighted by Gasteiger charge is -2.32. The number of hydrogen-bond donors (Lipinski definition) is 0. The first-order valence-electron chi connectivity index (χ1n) is 5.84. The molecule has 1 aromatic carbocycles. The van der Waals surface area contributed by atoms with Gasteiger partial charge in [0.05, 0.1) is 0 Å². The Morgan fingerprint density at radius 3 is 2.69 bits per heavy atom. The van der Waals surface area contributed by atoms with Gasteiger partial charge >= 0.3 is 0 Å². The van der Waals surface area contributed by atoms with Crippen LogP contribution in [0.3, 0.4) is 0 Å². The number of nitrogens with zero attached hydrogens (tertiary/aromatic N) is 1. The van der Waals surface area contributed by atoms with Gasteiger partial charge in [-0.1, -0.05) is 37.3 Å². The Hall–Kier alpha value is -1.38. The summed E-state index contributed by atoms with van der Waals surface area (Å²) in [6, 6.07) is 10.3. The minimum Gasteiger partial charge on any atom is -0.360 e. The third-order valence-electron chi connectivity index (χ3n) is 3.46. The van der Waals surface area contributed by atoms with Gasteiger partial charge < -0.3 is 4.84 Å². The largest absolute Gasteiger partial charge is 0.360 e. The molecule has 1 saturated carbocycles. The molecular weight excluding hydrogens is 202 g/mol. The van der Waals surface area contributed by atoms with E-state index in [1.165, 1.54) is 12.0 Å². The highest BCUT2D eigenvalue weighted by Crippen LogP contribution is 2.37. The van der Waals surface area contributed by atoms with Crippen LogP contribution in [0.25, 0.3) is 0 Å². The molecule has 0 N–H and O–H groups in total. The molecule has 0 aromatic heterocycles. The Labute approximate surface area is 95.7 Å². The van der Waals surface area contributed by atoms with Crippen LogP contribution in [0.5, 0.6) is 0 Å². The second kappa shape index (κ2) is 5.10. The van der Waals surface area contributed by atoms with Crippen LogP contribution in [0, 0.1) is 10.8 Å². The predicted molar refractivity (Wildman–Crippen MR) is 62.9 cm³/mol. The van der Waals surface area contributed by atoms with Crippen molar-refractivity contribution in [2.75, 3.05) is 0 Å². The van der Waals surface area contributed by atoms with Gasteiger partial charge in [0.25, 0.3) is 0 Å². The van der Waals surface area contributed by atoms with Gasteiger partial charge in [0, 0.05) is 5.92 Å². The standard InChI is InChI=1S/C13H17NO2/c1-10-7-8-12(13(9-10)16-14-15)11-5-3-2-4-6-11/h2-6,10,12-13H,7-9H2,1H3. The molecule has 1 fully saturated rings. The second-order valence-electron chi connectivity index (χ2n) is 4.65. The summed E-state index contributed by atoms with van der Waals surface area (Å²) in [5.74, 6) is 0.932. The summed E-state index contributed by atoms with van der Waals surface area (Å²) in [7, 11) is 0. The summed E-state index contributed by atoms with van der Waals surface area (Å²) in [5.41, 5.74) is 1.25. The molecule has 3 heteroatoms. The molecule has 0 heterocycles. The molecule has 0 aliphatic heterocycles. The third kappa shape index (κ3) is 2.40. The van der Waals surface area contributed by atoms with E-state index >= 15 is 0 Å². The van der Waals surface area contributed by atoms with Crippen molar-refractivity contribution in [3.63, 3.8) is 0 Å². The minimum atomic E-state index is -0.0522. The second-order valence-corrected chi connectivity index (χ2v) is 4.65. The summed E-state index contributed by atoms with van der Waals surface area (Å²) < 4.78 is 0. The van der Waals surface area contributed by atoms with Crippen molar-refractivity contribution in [1.29, 1.82) is 0 Å². The fourth-order valence-corrected chi connectivity index (χ4v) is 2.58. The lowest BCUT2D eigenvalue weighted by Crippen LogP contribution is -2.28. The Balaban J connectivity index is 2.15. The molecule has 1 aliphatic carbocycles. The fraction of sp³-hybridized carbons (Fsp3) is 0.538. The SMILES string of the molecule is CC1CCC(c2ccccc2)C(ON=O)C1. The maximum absolute atomic E-state index is 10.3. The molecule has 1 aliphatic rings. The first-order valence-corrected chi connectivity index (χ1v) is 5.84. The summed E-state index contributed by atoms with van der Waals surface area (Å²) >= 11 is 0. The third-order valence-corrected chi connectivity index (χ3v) is 3.46. The van der Waals surface area contributed by atoms with Crippen molar-refractivity contribution in [3.05, 3.63) is 40.8 Å². The van der Waals surface area contributed by atoms with Gasteiger partial charge in [-0.3, -0.25) is 0 Å². The van der Waals surface area contributed by atoms with Crippen molar-refractivity contribution in [2.24, 2.45) is 11.3 Å². The lowest BCUT2D eigenvalue weighted by molar-refractivity contribution is 0.000645. The zero-order valence-corrected chi connectivity index (χ0v) is 9.50. The van der Waals surface area contributed by atoms with Gasteiger partial charge in [-0.05, 0) is 30.7 Å². The van der Waals surface area contributed by atoms with Crippen LogP contribution >= 0.6 is 0 Å². The zero-order chi connectivity index (χ0) is 11.4. The van der Waals surface area contributed by atoms with Crippen LogP contribution in [0.4, 0.5) is 0 Å². The van der Waals surface area contributed by atoms with E-state index < -0.39 is 0 Å². The molecular formula is C13H17NO2. The molecule has 3 nitrogen and oxygen atoms in total. The van der Waals surface area contributed by atoms with Gasteiger partial charge in [-0.25, -0.2) is 0 Å². The van der Waals surface area contributed by atoms with Crippen molar-refractivity contribution >= 4 is 0 Å². The van der Waals surface area contributed by atoms with Gasteiger partial charge in [-0.2, -0.15) is 0 Å². The van der Waals surface area contributed by atoms with E-state index in [0.29, 0.717) is 11.8 Å². The van der Waals surface area contributed by atoms with Crippen molar-refractivity contribution < 1.29 is 4.84 Å². The fourth-order valence-electron chi connectivity index (χ4n) is 2.58. The minimum absolute atomic E-state index is 0.0522. The van der Waals surface area contributed by atoms with Crippen LogP contribution in [-0.4, -0.2) is 6.10 Å². The number of hydrogen-bond acceptors (Lipinski definition) is 3. The quantitative estimate of drug-likeness (QED) is 0.575. The van der Waals surface area contributed by atoms with Gasteiger partial charge in [-0.15, -0.1) is 4.91 Å². The highest BCUT2D eigenvalue weighted by Gasteiger charge is 2.31. The molecule has 16 heavy (non-hydrogen) atoms. The van der Waals surface area contributed by atoms with E-state index in [0.717, 1.165) is 12.8 Å². The Morgan fingerprint density at radius 2 is 2.00 bits per heavy atom. The van der Waals surface area contributed by atoms with Gasteiger partial charge in [0.15, 0.2) is 5.34 Å². The maximum Gasteiger partial charge on any atom is 0.155 e. The zero-order valence-electron chi connectivity index (χ0n) is 9.50. The first-order chi connectivity index (χ1) is 7.81. The van der Waals surface area contributed by atoms with Crippen LogP contribution in [0.15, 0.2) is 35.7 Å². The average Bonchev–Trinajstić information content (AvgIpc) is 2.31. The molecule has 0 amide bonds. The summed E-state index contributed by atoms with van der Waals surface area (Å²) in [4.78, 5) is 15.3. The number of rotatable bonds is 3. The van der Waals surface area contributed by atoms with Crippen LogP contribution in [0.2, 0.25) is 0 Å². The van der Waals surface area contributed by atoms with Crippen molar-refractivity contribution in [3.8, 4) is 0 Å². The summed E-state index contributed by atoms with van der Waals surface area (Å²) in [5, 5.41) is 2.62. The normalized spacial score (nSPS) is 29.7. The Bertz CT molecular complexity index is 339. The van der Waals surface area contributed by atoms with E-state index in [1.807, 2.05) is 18.2 Å². The summed E-state index contributed by atoms with van der Waals surface area (Å²) in [6.07, 6.45) is 3.14. The van der Waals surface area contributed by atoms with Crippen molar-refractivity contribution in [1.82, 2.24) is 0 Å². The maximum atomic E-state index is 10.3. The van der Waals surface area contributed by atoms with E-state index in [4.69, 9.17) is 4.84 Å². The topological polar surface area (TPSA) is 38.7 Å². The van der Waals surface area contributed by atoms with Crippen molar-refractivity contribution in [2.45, 2.75) is 38.2 Å². The molecule has 3 atom stereocenters. The highest BCUT2D eigenvalue weighted by atomic mass is 16.7. The average molecular weight is 219 g/mol. The lowest BCUT2D eigenvalue weighted by atomic mass is 9.77. The molecule has 0 bridgehead atoms. The molecule has 2 rings (SSSR count). The molecule has 86 valence electrons.